The van der Waals surface area contributed by atoms with E-state index in [-0.39, 0.29) is 0 Å². The molecule has 0 radical (unpaired) electrons. The van der Waals surface area contributed by atoms with Gasteiger partial charge in [-0.3, -0.25) is 0 Å². The van der Waals surface area contributed by atoms with Crippen LogP contribution in [0, 0.1) is 0 Å². The lowest BCUT2D eigenvalue weighted by Gasteiger charge is -1.86. The standard InChI is InChI=1S/C3H6Br2/c1-3(5)2-4/h3H,2H2,1H3. The summed E-state index contributed by atoms with van der Waals surface area (Å²) in [4.78, 5) is 0.613. The van der Waals surface area contributed by atoms with Gasteiger partial charge in [-0.1, -0.05) is 38.8 Å². The highest BCUT2D eigenvalue weighted by atomic mass is 79.9. The average Bonchev–Trinajstić information content (AvgIpc) is 1.38. The number of alkyl halides is 2. The normalized spacial score (nSPS) is 15.0. The molecular formula is C3H6Br2. The minimum absolute atomic E-state index is 0.613. The zero-order valence-electron chi connectivity index (χ0n) is 3.04. The van der Waals surface area contributed by atoms with Gasteiger partial charge in [0.1, 0.15) is 0 Å². The summed E-state index contributed by atoms with van der Waals surface area (Å²) in [7, 11) is 0. The number of hydrogen-bond donors (Lipinski definition) is 0. The molecule has 0 fully saturated rings. The van der Waals surface area contributed by atoms with E-state index in [0.29, 0.717) is 4.83 Å². The molecule has 0 aromatic carbocycles. The Kier molecular flexibility index (Phi) is 3.77. The van der Waals surface area contributed by atoms with Crippen molar-refractivity contribution in [1.82, 2.24) is 0 Å². The maximum Gasteiger partial charge on any atom is 0.0214 e. The van der Waals surface area contributed by atoms with Crippen molar-refractivity contribution in [2.75, 3.05) is 5.33 Å². The van der Waals surface area contributed by atoms with Gasteiger partial charge in [-0.25, -0.2) is 0 Å². The third-order valence-corrected chi connectivity index (χ3v) is 2.38. The fourth-order valence-electron chi connectivity index (χ4n) is 0. The highest BCUT2D eigenvalue weighted by molar-refractivity contribution is 9.12. The van der Waals surface area contributed by atoms with Gasteiger partial charge >= 0.3 is 0 Å². The molecule has 0 aromatic rings. The SMILES string of the molecule is CC(Br)CBr. The Labute approximate surface area is 49.2 Å². The van der Waals surface area contributed by atoms with Crippen LogP contribution in [0.2, 0.25) is 0 Å². The molecule has 0 aliphatic rings. The van der Waals surface area contributed by atoms with Crippen LogP contribution < -0.4 is 0 Å². The Bertz CT molecular complexity index is 18.9. The Morgan fingerprint density at radius 3 is 2.00 bits per heavy atom. The van der Waals surface area contributed by atoms with Crippen molar-refractivity contribution in [1.29, 1.82) is 0 Å². The van der Waals surface area contributed by atoms with Crippen LogP contribution in [0.15, 0.2) is 0 Å². The predicted molar refractivity (Wildman–Crippen MR) is 32.2 cm³/mol. The summed E-state index contributed by atoms with van der Waals surface area (Å²) < 4.78 is 0. The second kappa shape index (κ2) is 3.16. The van der Waals surface area contributed by atoms with E-state index in [0.717, 1.165) is 5.33 Å². The van der Waals surface area contributed by atoms with Gasteiger partial charge in [-0.15, -0.1) is 0 Å². The van der Waals surface area contributed by atoms with E-state index < -0.39 is 0 Å². The van der Waals surface area contributed by atoms with Crippen LogP contribution in [0.5, 0.6) is 0 Å². The molecule has 0 saturated heterocycles. The van der Waals surface area contributed by atoms with Crippen molar-refractivity contribution < 1.29 is 0 Å². The zero-order valence-corrected chi connectivity index (χ0v) is 6.21. The first-order valence-corrected chi connectivity index (χ1v) is 3.51. The molecule has 0 spiro atoms. The average molecular weight is 202 g/mol. The Morgan fingerprint density at radius 2 is 2.00 bits per heavy atom. The Hall–Kier alpha value is 0.960. The molecule has 2 heteroatoms. The third-order valence-electron chi connectivity index (χ3n) is 0.213. The van der Waals surface area contributed by atoms with Crippen molar-refractivity contribution in [3.8, 4) is 0 Å². The minimum atomic E-state index is 0.613. The van der Waals surface area contributed by atoms with E-state index in [1.165, 1.54) is 0 Å². The van der Waals surface area contributed by atoms with Crippen LogP contribution in [0.1, 0.15) is 6.92 Å². The van der Waals surface area contributed by atoms with Crippen molar-refractivity contribution in [2.45, 2.75) is 11.8 Å². The van der Waals surface area contributed by atoms with Crippen molar-refractivity contribution >= 4 is 31.9 Å². The molecule has 0 heterocycles. The second-order valence-electron chi connectivity index (χ2n) is 0.935. The van der Waals surface area contributed by atoms with Crippen LogP contribution in [0.25, 0.3) is 0 Å². The molecular weight excluding hydrogens is 196 g/mol. The van der Waals surface area contributed by atoms with E-state index in [9.17, 15) is 0 Å². The molecule has 0 nitrogen and oxygen atoms in total. The number of halogens is 2. The summed E-state index contributed by atoms with van der Waals surface area (Å²) in [6.45, 7) is 2.09. The quantitative estimate of drug-likeness (QED) is 0.571. The third kappa shape index (κ3) is 4.96. The topological polar surface area (TPSA) is 0 Å². The van der Waals surface area contributed by atoms with E-state index in [2.05, 4.69) is 38.8 Å². The lowest BCUT2D eigenvalue weighted by molar-refractivity contribution is 1.17. The molecule has 0 aliphatic heterocycles. The van der Waals surface area contributed by atoms with Gasteiger partial charge in [0, 0.05) is 10.2 Å². The first kappa shape index (κ1) is 5.96. The van der Waals surface area contributed by atoms with Crippen LogP contribution in [-0.2, 0) is 0 Å². The van der Waals surface area contributed by atoms with Gasteiger partial charge in [0.15, 0.2) is 0 Å². The molecule has 1 atom stereocenters. The number of rotatable bonds is 1. The largest absolute Gasteiger partial charge is 0.0916 e. The predicted octanol–water partition coefficient (Wildman–Crippen LogP) is 2.16. The molecule has 1 unspecified atom stereocenters. The highest BCUT2D eigenvalue weighted by Gasteiger charge is 1.84. The fraction of sp³-hybridized carbons (Fsp3) is 1.00. The smallest absolute Gasteiger partial charge is 0.0214 e. The lowest BCUT2D eigenvalue weighted by atomic mass is 10.6. The Morgan fingerprint density at radius 1 is 1.80 bits per heavy atom. The van der Waals surface area contributed by atoms with Crippen LogP contribution in [0.4, 0.5) is 0 Å². The van der Waals surface area contributed by atoms with E-state index in [1.807, 2.05) is 0 Å². The fourth-order valence-corrected chi connectivity index (χ4v) is 0. The molecule has 0 N–H and O–H groups in total. The minimum Gasteiger partial charge on any atom is -0.0916 e. The van der Waals surface area contributed by atoms with Crippen molar-refractivity contribution in [2.24, 2.45) is 0 Å². The maximum atomic E-state index is 3.33. The van der Waals surface area contributed by atoms with Gasteiger partial charge in [-0.05, 0) is 0 Å². The van der Waals surface area contributed by atoms with E-state index >= 15 is 0 Å². The molecule has 5 heavy (non-hydrogen) atoms. The molecule has 0 rings (SSSR count). The van der Waals surface area contributed by atoms with E-state index in [4.69, 9.17) is 0 Å². The summed E-state index contributed by atoms with van der Waals surface area (Å²) in [5.74, 6) is 0. The van der Waals surface area contributed by atoms with Gasteiger partial charge in [0.2, 0.25) is 0 Å². The molecule has 0 amide bonds. The van der Waals surface area contributed by atoms with Crippen molar-refractivity contribution in [3.63, 3.8) is 0 Å². The summed E-state index contributed by atoms with van der Waals surface area (Å²) in [5, 5.41) is 1.03. The summed E-state index contributed by atoms with van der Waals surface area (Å²) in [6, 6.07) is 0. The van der Waals surface area contributed by atoms with Gasteiger partial charge in [0.25, 0.3) is 0 Å². The van der Waals surface area contributed by atoms with Gasteiger partial charge in [-0.2, -0.15) is 0 Å². The summed E-state index contributed by atoms with van der Waals surface area (Å²) in [5.41, 5.74) is 0. The summed E-state index contributed by atoms with van der Waals surface area (Å²) >= 11 is 6.59. The number of hydrogen-bond acceptors (Lipinski definition) is 0. The van der Waals surface area contributed by atoms with Crippen LogP contribution in [-0.4, -0.2) is 10.2 Å². The highest BCUT2D eigenvalue weighted by Crippen LogP contribution is 1.99. The molecule has 0 saturated carbocycles. The molecule has 0 aliphatic carbocycles. The molecule has 32 valence electrons. The summed E-state index contributed by atoms with van der Waals surface area (Å²) in [6.07, 6.45) is 0. The van der Waals surface area contributed by atoms with Gasteiger partial charge in [0.05, 0.1) is 0 Å². The molecule has 0 bridgehead atoms. The van der Waals surface area contributed by atoms with Crippen LogP contribution >= 0.6 is 31.9 Å². The zero-order chi connectivity index (χ0) is 4.28. The van der Waals surface area contributed by atoms with Gasteiger partial charge < -0.3 is 0 Å². The first-order valence-electron chi connectivity index (χ1n) is 1.47. The lowest BCUT2D eigenvalue weighted by Crippen LogP contribution is -1.85. The first-order chi connectivity index (χ1) is 2.27. The van der Waals surface area contributed by atoms with E-state index in [1.54, 1.807) is 0 Å². The maximum absolute atomic E-state index is 3.33. The molecule has 0 aromatic heterocycles. The monoisotopic (exact) mass is 200 g/mol. The van der Waals surface area contributed by atoms with Crippen LogP contribution in [0.3, 0.4) is 0 Å². The Balaban J connectivity index is 2.54. The second-order valence-corrected chi connectivity index (χ2v) is 3.15. The van der Waals surface area contributed by atoms with Crippen molar-refractivity contribution in [3.05, 3.63) is 0 Å².